The van der Waals surface area contributed by atoms with Crippen LogP contribution in [-0.4, -0.2) is 47.5 Å². The van der Waals surface area contributed by atoms with Gasteiger partial charge in [-0.25, -0.2) is 10.1 Å². The summed E-state index contributed by atoms with van der Waals surface area (Å²) in [6.07, 6.45) is 0. The highest BCUT2D eigenvalue weighted by Crippen LogP contribution is 2.30. The predicted octanol–water partition coefficient (Wildman–Crippen LogP) is 3.15. The van der Waals surface area contributed by atoms with Gasteiger partial charge in [0.15, 0.2) is 5.52 Å². The number of hydrogen-bond donors (Lipinski definition) is 2. The van der Waals surface area contributed by atoms with Gasteiger partial charge in [0.1, 0.15) is 11.3 Å². The van der Waals surface area contributed by atoms with Crippen LogP contribution in [0.3, 0.4) is 0 Å². The van der Waals surface area contributed by atoms with Crippen molar-refractivity contribution in [1.29, 1.82) is 0 Å². The van der Waals surface area contributed by atoms with Gasteiger partial charge in [0.25, 0.3) is 11.4 Å². The Kier molecular flexibility index (Phi) is 5.17. The first-order valence-electron chi connectivity index (χ1n) is 10.5. The Hall–Kier alpha value is -4.34. The summed E-state index contributed by atoms with van der Waals surface area (Å²) in [5, 5.41) is 20.9. The summed E-state index contributed by atoms with van der Waals surface area (Å²) >= 11 is 0. The molecule has 0 unspecified atom stereocenters. The van der Waals surface area contributed by atoms with Gasteiger partial charge < -0.3 is 9.30 Å². The summed E-state index contributed by atoms with van der Waals surface area (Å²) in [7, 11) is 1.51. The Balaban J connectivity index is 1.54. The van der Waals surface area contributed by atoms with Gasteiger partial charge in [0.05, 0.1) is 7.11 Å². The predicted molar refractivity (Wildman–Crippen MR) is 123 cm³/mol. The largest absolute Gasteiger partial charge is 0.478 e. The molecule has 0 amide bonds. The number of nitrogens with one attached hydrogen (secondary N) is 2. The number of nitrogens with zero attached hydrogens (tertiary/aromatic N) is 6. The number of fused-ring (bicyclic) bond motifs is 1. The third-order valence-corrected chi connectivity index (χ3v) is 5.50. The maximum absolute atomic E-state index is 12.6. The average Bonchev–Trinajstić information content (AvgIpc) is 3.49. The lowest BCUT2D eigenvalue weighted by atomic mass is 9.98. The minimum atomic E-state index is -0.296. The molecule has 10 heteroatoms. The van der Waals surface area contributed by atoms with E-state index in [4.69, 9.17) is 4.74 Å². The van der Waals surface area contributed by atoms with E-state index >= 15 is 0 Å². The fourth-order valence-corrected chi connectivity index (χ4v) is 3.98. The molecule has 3 aromatic heterocycles. The SMILES string of the molecule is COc1n[nH]c(=O)c2c1nc(C(C)C)n2Cc1ccc(-c2ccccc2-c2nn[nH]n2)cc1. The molecule has 0 bridgehead atoms. The van der Waals surface area contributed by atoms with Crippen molar-refractivity contribution in [3.8, 4) is 28.4 Å². The molecule has 0 aliphatic carbocycles. The zero-order valence-electron chi connectivity index (χ0n) is 18.4. The maximum atomic E-state index is 12.6. The molecule has 0 aliphatic rings. The zero-order valence-corrected chi connectivity index (χ0v) is 18.4. The number of tetrazole rings is 1. The van der Waals surface area contributed by atoms with Crippen LogP contribution in [0.15, 0.2) is 53.3 Å². The number of H-pyrrole nitrogens is 2. The first kappa shape index (κ1) is 20.6. The van der Waals surface area contributed by atoms with Crippen molar-refractivity contribution in [2.75, 3.05) is 7.11 Å². The van der Waals surface area contributed by atoms with E-state index in [9.17, 15) is 4.79 Å². The van der Waals surface area contributed by atoms with E-state index in [0.29, 0.717) is 29.3 Å². The second-order valence-electron chi connectivity index (χ2n) is 7.95. The van der Waals surface area contributed by atoms with E-state index < -0.39 is 0 Å². The monoisotopic (exact) mass is 442 g/mol. The average molecular weight is 442 g/mol. The Morgan fingerprint density at radius 1 is 1.03 bits per heavy atom. The standard InChI is InChI=1S/C23H22N8O2/c1-13(2)21-24-18-19(22(32)27-28-23(18)33-3)31(21)12-14-8-10-15(11-9-14)16-6-4-5-7-17(16)20-25-29-30-26-20/h4-11,13H,12H2,1-3H3,(H,27,32)(H,25,26,29,30). The molecule has 166 valence electrons. The molecule has 5 aromatic rings. The number of benzene rings is 2. The summed E-state index contributed by atoms with van der Waals surface area (Å²) in [4.78, 5) is 17.3. The fourth-order valence-electron chi connectivity index (χ4n) is 3.98. The number of hydrogen-bond acceptors (Lipinski definition) is 7. The fraction of sp³-hybridized carbons (Fsp3) is 0.217. The van der Waals surface area contributed by atoms with Crippen molar-refractivity contribution in [1.82, 2.24) is 40.4 Å². The van der Waals surface area contributed by atoms with E-state index in [-0.39, 0.29) is 11.5 Å². The topological polar surface area (TPSA) is 127 Å². The molecule has 0 spiro atoms. The van der Waals surface area contributed by atoms with Gasteiger partial charge in [-0.3, -0.25) is 4.79 Å². The van der Waals surface area contributed by atoms with Crippen LogP contribution >= 0.6 is 0 Å². The smallest absolute Gasteiger partial charge is 0.290 e. The number of imidazole rings is 1. The van der Waals surface area contributed by atoms with Crippen molar-refractivity contribution < 1.29 is 4.74 Å². The first-order chi connectivity index (χ1) is 16.1. The Bertz CT molecular complexity index is 1470. The quantitative estimate of drug-likeness (QED) is 0.413. The van der Waals surface area contributed by atoms with Crippen molar-refractivity contribution >= 4 is 11.0 Å². The Morgan fingerprint density at radius 3 is 2.45 bits per heavy atom. The van der Waals surface area contributed by atoms with Crippen molar-refractivity contribution in [2.45, 2.75) is 26.3 Å². The minimum absolute atomic E-state index is 0.114. The molecular formula is C23H22N8O2. The van der Waals surface area contributed by atoms with Crippen LogP contribution in [0, 0.1) is 0 Å². The molecule has 0 radical (unpaired) electrons. The number of ether oxygens (including phenoxy) is 1. The van der Waals surface area contributed by atoms with Crippen LogP contribution in [0.2, 0.25) is 0 Å². The van der Waals surface area contributed by atoms with Crippen molar-refractivity contribution in [3.63, 3.8) is 0 Å². The van der Waals surface area contributed by atoms with Gasteiger partial charge in [0.2, 0.25) is 5.82 Å². The van der Waals surface area contributed by atoms with E-state index in [1.807, 2.05) is 54.8 Å². The highest BCUT2D eigenvalue weighted by Gasteiger charge is 2.20. The van der Waals surface area contributed by atoms with Crippen LogP contribution in [0.1, 0.15) is 31.2 Å². The summed E-state index contributed by atoms with van der Waals surface area (Å²) < 4.78 is 7.25. The zero-order chi connectivity index (χ0) is 22.9. The summed E-state index contributed by atoms with van der Waals surface area (Å²) in [6, 6.07) is 16.1. The van der Waals surface area contributed by atoms with Gasteiger partial charge in [0, 0.05) is 18.0 Å². The second kappa shape index (κ2) is 8.30. The minimum Gasteiger partial charge on any atom is -0.478 e. The third kappa shape index (κ3) is 3.65. The van der Waals surface area contributed by atoms with E-state index in [1.54, 1.807) is 0 Å². The highest BCUT2D eigenvalue weighted by molar-refractivity contribution is 5.81. The molecule has 0 saturated heterocycles. The first-order valence-corrected chi connectivity index (χ1v) is 10.5. The van der Waals surface area contributed by atoms with Crippen molar-refractivity contribution in [2.24, 2.45) is 0 Å². The molecule has 10 nitrogen and oxygen atoms in total. The normalized spacial score (nSPS) is 11.4. The third-order valence-electron chi connectivity index (χ3n) is 5.50. The lowest BCUT2D eigenvalue weighted by Crippen LogP contribution is -2.15. The van der Waals surface area contributed by atoms with Crippen LogP contribution in [0.25, 0.3) is 33.5 Å². The molecule has 0 fully saturated rings. The molecule has 3 heterocycles. The Morgan fingerprint density at radius 2 is 1.79 bits per heavy atom. The number of aromatic amines is 2. The highest BCUT2D eigenvalue weighted by atomic mass is 16.5. The number of rotatable bonds is 6. The van der Waals surface area contributed by atoms with E-state index in [1.165, 1.54) is 7.11 Å². The maximum Gasteiger partial charge on any atom is 0.290 e. The number of aromatic nitrogens is 8. The molecule has 2 N–H and O–H groups in total. The molecule has 33 heavy (non-hydrogen) atoms. The van der Waals surface area contributed by atoms with Gasteiger partial charge in [-0.1, -0.05) is 62.4 Å². The van der Waals surface area contributed by atoms with Crippen LogP contribution in [0.5, 0.6) is 5.88 Å². The molecule has 0 atom stereocenters. The molecule has 0 aliphatic heterocycles. The van der Waals surface area contributed by atoms with Gasteiger partial charge >= 0.3 is 0 Å². The van der Waals surface area contributed by atoms with Gasteiger partial charge in [-0.15, -0.1) is 15.3 Å². The van der Waals surface area contributed by atoms with Crippen molar-refractivity contribution in [3.05, 3.63) is 70.3 Å². The summed E-state index contributed by atoms with van der Waals surface area (Å²) in [5.41, 5.74) is 4.60. The second-order valence-corrected chi connectivity index (χ2v) is 7.95. The van der Waals surface area contributed by atoms with Crippen LogP contribution in [0.4, 0.5) is 0 Å². The lowest BCUT2D eigenvalue weighted by molar-refractivity contribution is 0.396. The van der Waals surface area contributed by atoms with Gasteiger partial charge in [-0.2, -0.15) is 5.21 Å². The van der Waals surface area contributed by atoms with Gasteiger partial charge in [-0.05, 0) is 21.9 Å². The van der Waals surface area contributed by atoms with E-state index in [0.717, 1.165) is 28.1 Å². The molecule has 5 rings (SSSR count). The number of methoxy groups -OCH3 is 1. The molecule has 0 saturated carbocycles. The van der Waals surface area contributed by atoms with E-state index in [2.05, 4.69) is 47.9 Å². The Labute approximate surface area is 188 Å². The lowest BCUT2D eigenvalue weighted by Gasteiger charge is -2.12. The van der Waals surface area contributed by atoms with Crippen LogP contribution in [-0.2, 0) is 6.54 Å². The molecular weight excluding hydrogens is 420 g/mol. The van der Waals surface area contributed by atoms with Crippen LogP contribution < -0.4 is 10.3 Å². The summed E-state index contributed by atoms with van der Waals surface area (Å²) in [5.74, 6) is 1.76. The molecule has 2 aromatic carbocycles. The summed E-state index contributed by atoms with van der Waals surface area (Å²) in [6.45, 7) is 4.58.